The van der Waals surface area contributed by atoms with Gasteiger partial charge in [-0.15, -0.1) is 10.2 Å². The first-order valence-electron chi connectivity index (χ1n) is 12.1. The summed E-state index contributed by atoms with van der Waals surface area (Å²) in [7, 11) is -4.94. The van der Waals surface area contributed by atoms with Crippen molar-refractivity contribution in [1.82, 2.24) is 0 Å². The molecule has 0 radical (unpaired) electrons. The maximum absolute atomic E-state index is 11.2. The number of hydrogen-bond acceptors (Lipinski definition) is 5. The maximum atomic E-state index is 11.2. The van der Waals surface area contributed by atoms with Crippen LogP contribution in [-0.4, -0.2) is 5.11 Å². The molecule has 3 aromatic carbocycles. The minimum atomic E-state index is -4.94. The molecule has 0 atom stereocenters. The number of halogens is 1. The Balaban J connectivity index is 0.000000732. The topological polar surface area (TPSA) is 124 Å². The van der Waals surface area contributed by atoms with Crippen LogP contribution in [0.3, 0.4) is 0 Å². The van der Waals surface area contributed by atoms with E-state index in [0.29, 0.717) is 5.75 Å². The predicted octanol–water partition coefficient (Wildman–Crippen LogP) is 4.11. The predicted molar refractivity (Wildman–Crippen MR) is 138 cm³/mol. The smallest absolute Gasteiger partial charge is 0.361 e. The van der Waals surface area contributed by atoms with Gasteiger partial charge in [0.1, 0.15) is 5.75 Å². The minimum Gasteiger partial charge on any atom is -0.507 e. The first-order valence-corrected chi connectivity index (χ1v) is 13.4. The van der Waals surface area contributed by atoms with E-state index in [1.165, 1.54) is 0 Å². The van der Waals surface area contributed by atoms with Gasteiger partial charge >= 0.3 is 11.5 Å². The summed E-state index contributed by atoms with van der Waals surface area (Å²) in [5.74, 6) is 2.02. The lowest BCUT2D eigenvalue weighted by atomic mass is 9.77. The average Bonchev–Trinajstić information content (AvgIpc) is 2.82. The van der Waals surface area contributed by atoms with Crippen LogP contribution in [0.15, 0.2) is 89.3 Å². The van der Waals surface area contributed by atoms with Gasteiger partial charge in [-0.2, -0.15) is 0 Å². The highest BCUT2D eigenvalue weighted by atomic mass is 35.7. The van der Waals surface area contributed by atoms with E-state index in [-0.39, 0.29) is 10.8 Å². The zero-order valence-electron chi connectivity index (χ0n) is 22.4. The third-order valence-corrected chi connectivity index (χ3v) is 5.97. The monoisotopic (exact) mass is 536 g/mol. The lowest BCUT2D eigenvalue weighted by Gasteiger charge is -2.28. The van der Waals surface area contributed by atoms with Gasteiger partial charge in [0.25, 0.3) is 0 Å². The van der Waals surface area contributed by atoms with E-state index in [2.05, 4.69) is 90.1 Å². The molecule has 1 heterocycles. The zero-order chi connectivity index (χ0) is 28.3. The number of aromatic hydroxyl groups is 1. The van der Waals surface area contributed by atoms with Gasteiger partial charge in [0.05, 0.1) is 23.3 Å². The molecule has 0 aliphatic carbocycles. The molecule has 4 rings (SSSR count). The number of benzene rings is 3. The second-order valence-corrected chi connectivity index (χ2v) is 11.9. The molecule has 0 spiro atoms. The summed E-state index contributed by atoms with van der Waals surface area (Å²) in [6.07, 6.45) is 0. The van der Waals surface area contributed by atoms with Crippen molar-refractivity contribution < 1.29 is 38.4 Å². The molecule has 0 amide bonds. The van der Waals surface area contributed by atoms with Crippen molar-refractivity contribution in [3.63, 3.8) is 0 Å². The van der Waals surface area contributed by atoms with Crippen molar-refractivity contribution in [3.05, 3.63) is 96.1 Å². The zero-order valence-corrected chi connectivity index (χ0v) is 23.2. The summed E-state index contributed by atoms with van der Waals surface area (Å²) in [4.78, 5) is 0. The Morgan fingerprint density at radius 1 is 0.553 bits per heavy atom. The number of rotatable bonds is 3. The van der Waals surface area contributed by atoms with Crippen molar-refractivity contribution >= 4 is 0 Å². The number of phenolic OH excluding ortho intramolecular Hbond substituents is 1. The van der Waals surface area contributed by atoms with Crippen LogP contribution in [0.2, 0.25) is 0 Å². The van der Waals surface area contributed by atoms with Gasteiger partial charge in [0, 0.05) is 16.7 Å². The second-order valence-electron chi connectivity index (χ2n) is 11.1. The van der Waals surface area contributed by atoms with E-state index >= 15 is 0 Å². The Morgan fingerprint density at radius 3 is 1.18 bits per heavy atom. The summed E-state index contributed by atoms with van der Waals surface area (Å²) in [6, 6.07) is 28.8. The van der Waals surface area contributed by atoms with Crippen molar-refractivity contribution in [2.75, 3.05) is 0 Å². The van der Waals surface area contributed by atoms with Gasteiger partial charge in [0.2, 0.25) is 0 Å². The molecule has 4 aromatic rings. The highest BCUT2D eigenvalue weighted by molar-refractivity contribution is 5.76. The molecule has 0 fully saturated rings. The van der Waals surface area contributed by atoms with Gasteiger partial charge in [-0.05, 0) is 52.8 Å². The average molecular weight is 537 g/mol. The highest BCUT2D eigenvalue weighted by Crippen LogP contribution is 2.43. The van der Waals surface area contributed by atoms with E-state index in [1.807, 2.05) is 36.4 Å². The molecule has 0 saturated carbocycles. The van der Waals surface area contributed by atoms with E-state index in [9.17, 15) is 5.11 Å². The summed E-state index contributed by atoms with van der Waals surface area (Å²) in [5, 5.41) is 11.2. The molecule has 1 aromatic heterocycles. The fourth-order valence-electron chi connectivity index (χ4n) is 4.10. The van der Waals surface area contributed by atoms with Gasteiger partial charge in [-0.25, -0.2) is 23.1 Å². The Kier molecular flexibility index (Phi) is 8.66. The second kappa shape index (κ2) is 11.2. The SMILES string of the molecule is CC(C)(C)c1cc(-c2cc(-c3ccccc3)[o+]c(-c3ccccc3)c2)cc(C(C)(C)C)c1O.[O-][Cl+3]([O-])([O-])[O-]. The molecular formula is C31H33ClO6. The number of hydrogen-bond donors (Lipinski definition) is 1. The van der Waals surface area contributed by atoms with E-state index in [4.69, 9.17) is 23.1 Å². The first-order chi connectivity index (χ1) is 17.5. The Hall–Kier alpha value is -3.26. The summed E-state index contributed by atoms with van der Waals surface area (Å²) >= 11 is 0. The van der Waals surface area contributed by atoms with Crippen LogP contribution < -0.4 is 18.6 Å². The highest BCUT2D eigenvalue weighted by Gasteiger charge is 2.28. The van der Waals surface area contributed by atoms with Crippen LogP contribution in [0.5, 0.6) is 5.75 Å². The molecule has 6 nitrogen and oxygen atoms in total. The van der Waals surface area contributed by atoms with Crippen LogP contribution in [0.25, 0.3) is 33.8 Å². The molecule has 0 bridgehead atoms. The fraction of sp³-hybridized carbons (Fsp3) is 0.258. The van der Waals surface area contributed by atoms with E-state index < -0.39 is 10.2 Å². The number of phenols is 1. The van der Waals surface area contributed by atoms with Crippen molar-refractivity contribution in [1.29, 1.82) is 0 Å². The van der Waals surface area contributed by atoms with Gasteiger partial charge in [0.15, 0.2) is 0 Å². The van der Waals surface area contributed by atoms with E-state index in [1.54, 1.807) is 0 Å². The van der Waals surface area contributed by atoms with Gasteiger partial charge in [-0.1, -0.05) is 77.9 Å². The third-order valence-electron chi connectivity index (χ3n) is 5.97. The molecule has 0 aliphatic heterocycles. The van der Waals surface area contributed by atoms with Crippen LogP contribution in [0.1, 0.15) is 52.7 Å². The summed E-state index contributed by atoms with van der Waals surface area (Å²) in [5.41, 5.74) is 5.72. The standard InChI is InChI=1S/C31H32O2.ClHO4/c1-30(2,3)25-17-23(18-26(29(25)32)31(4,5)6)24-19-27(21-13-9-7-10-14-21)33-28(20-24)22-15-11-8-12-16-22;2-1(3,4)5/h7-20H,1-6H3;(H,2,3,4,5). The largest absolute Gasteiger partial charge is 0.507 e. The van der Waals surface area contributed by atoms with E-state index in [0.717, 1.165) is 44.9 Å². The molecule has 0 unspecified atom stereocenters. The summed E-state index contributed by atoms with van der Waals surface area (Å²) < 4.78 is 40.4. The fourth-order valence-corrected chi connectivity index (χ4v) is 4.10. The van der Waals surface area contributed by atoms with Crippen molar-refractivity contribution in [2.24, 2.45) is 0 Å². The Labute approximate surface area is 226 Å². The van der Waals surface area contributed by atoms with Gasteiger partial charge < -0.3 is 5.11 Å². The van der Waals surface area contributed by atoms with Crippen LogP contribution in [0, 0.1) is 10.2 Å². The molecule has 1 N–H and O–H groups in total. The van der Waals surface area contributed by atoms with Crippen LogP contribution in [-0.2, 0) is 10.8 Å². The third kappa shape index (κ3) is 7.87. The van der Waals surface area contributed by atoms with Crippen LogP contribution in [0.4, 0.5) is 0 Å². The molecular weight excluding hydrogens is 504 g/mol. The van der Waals surface area contributed by atoms with Crippen LogP contribution >= 0.6 is 0 Å². The maximum Gasteiger partial charge on any atom is 0.361 e. The Morgan fingerprint density at radius 2 is 0.868 bits per heavy atom. The summed E-state index contributed by atoms with van der Waals surface area (Å²) in [6.45, 7) is 12.9. The molecule has 200 valence electrons. The normalized spacial score (nSPS) is 12.1. The van der Waals surface area contributed by atoms with Crippen molar-refractivity contribution in [3.8, 4) is 39.5 Å². The minimum absolute atomic E-state index is 0.191. The molecule has 38 heavy (non-hydrogen) atoms. The lowest BCUT2D eigenvalue weighted by Crippen LogP contribution is -2.68. The Bertz CT molecular complexity index is 1270. The van der Waals surface area contributed by atoms with Gasteiger partial charge in [-0.3, -0.25) is 0 Å². The lowest BCUT2D eigenvalue weighted by molar-refractivity contribution is -2.00. The molecule has 0 aliphatic rings. The quantitative estimate of drug-likeness (QED) is 0.393. The molecule has 0 saturated heterocycles. The molecule has 7 heteroatoms. The van der Waals surface area contributed by atoms with Crippen molar-refractivity contribution in [2.45, 2.75) is 52.4 Å². The first kappa shape index (κ1) is 29.3.